The lowest BCUT2D eigenvalue weighted by molar-refractivity contribution is 0.282. The highest BCUT2D eigenvalue weighted by atomic mass is 16.3. The first-order valence-corrected chi connectivity index (χ1v) is 8.12. The smallest absolute Gasteiger partial charge is 0.100 e. The number of hydrogen-bond donors (Lipinski definition) is 1. The second-order valence-electron chi connectivity index (χ2n) is 5.56. The topological polar surface area (TPSA) is 44.0 Å². The molecule has 0 amide bonds. The molecule has 26 heavy (non-hydrogen) atoms. The Morgan fingerprint density at radius 1 is 0.615 bits per heavy atom. The SMILES string of the molecule is N#Cc1ccccc1C#Cc1ccccc1C#Cc1ccc(CO)cc1. The highest BCUT2D eigenvalue weighted by Gasteiger charge is 1.98. The molecule has 3 aromatic rings. The van der Waals surface area contributed by atoms with Gasteiger partial charge in [-0.05, 0) is 42.0 Å². The van der Waals surface area contributed by atoms with Crippen LogP contribution in [0.4, 0.5) is 0 Å². The van der Waals surface area contributed by atoms with Gasteiger partial charge in [0, 0.05) is 22.3 Å². The van der Waals surface area contributed by atoms with Gasteiger partial charge in [-0.3, -0.25) is 0 Å². The average Bonchev–Trinajstić information content (AvgIpc) is 2.72. The van der Waals surface area contributed by atoms with Crippen molar-refractivity contribution in [2.75, 3.05) is 0 Å². The standard InChI is InChI=1S/C24H15NO/c25-17-24-8-4-3-7-23(24)16-15-22-6-2-1-5-21(22)14-13-19-9-11-20(18-26)12-10-19/h1-12,26H,18H2. The minimum Gasteiger partial charge on any atom is -0.392 e. The van der Waals surface area contributed by atoms with Gasteiger partial charge in [0.1, 0.15) is 6.07 Å². The lowest BCUT2D eigenvalue weighted by atomic mass is 10.1. The molecule has 0 aliphatic carbocycles. The first-order chi connectivity index (χ1) is 12.8. The van der Waals surface area contributed by atoms with Gasteiger partial charge in [0.25, 0.3) is 0 Å². The molecule has 0 heterocycles. The second kappa shape index (κ2) is 8.36. The van der Waals surface area contributed by atoms with E-state index in [4.69, 9.17) is 10.4 Å². The van der Waals surface area contributed by atoms with Crippen LogP contribution in [-0.4, -0.2) is 5.11 Å². The molecule has 0 aliphatic rings. The third kappa shape index (κ3) is 4.19. The molecule has 0 radical (unpaired) electrons. The first-order valence-electron chi connectivity index (χ1n) is 8.12. The zero-order valence-corrected chi connectivity index (χ0v) is 14.0. The molecule has 0 spiro atoms. The fraction of sp³-hybridized carbons (Fsp3) is 0.0417. The van der Waals surface area contributed by atoms with Gasteiger partial charge < -0.3 is 5.11 Å². The van der Waals surface area contributed by atoms with Gasteiger partial charge >= 0.3 is 0 Å². The van der Waals surface area contributed by atoms with E-state index in [2.05, 4.69) is 29.8 Å². The highest BCUT2D eigenvalue weighted by molar-refractivity contribution is 5.56. The van der Waals surface area contributed by atoms with Crippen LogP contribution in [-0.2, 0) is 6.61 Å². The van der Waals surface area contributed by atoms with E-state index in [0.29, 0.717) is 11.1 Å². The summed E-state index contributed by atoms with van der Waals surface area (Å²) in [6.07, 6.45) is 0. The third-order valence-corrected chi connectivity index (χ3v) is 3.78. The van der Waals surface area contributed by atoms with Crippen LogP contribution < -0.4 is 0 Å². The van der Waals surface area contributed by atoms with Crippen LogP contribution >= 0.6 is 0 Å². The summed E-state index contributed by atoms with van der Waals surface area (Å²) < 4.78 is 0. The summed E-state index contributed by atoms with van der Waals surface area (Å²) in [5.41, 5.74) is 4.66. The van der Waals surface area contributed by atoms with Crippen LogP contribution in [0.3, 0.4) is 0 Å². The van der Waals surface area contributed by atoms with Crippen molar-refractivity contribution >= 4 is 0 Å². The Morgan fingerprint density at radius 3 is 1.58 bits per heavy atom. The molecule has 3 aromatic carbocycles. The molecule has 0 aliphatic heterocycles. The van der Waals surface area contributed by atoms with E-state index in [0.717, 1.165) is 22.3 Å². The van der Waals surface area contributed by atoms with Crippen molar-refractivity contribution in [2.45, 2.75) is 6.61 Å². The van der Waals surface area contributed by atoms with Gasteiger partial charge in [-0.25, -0.2) is 0 Å². The molecule has 0 unspecified atom stereocenters. The molecule has 2 nitrogen and oxygen atoms in total. The highest BCUT2D eigenvalue weighted by Crippen LogP contribution is 2.09. The van der Waals surface area contributed by atoms with Crippen LogP contribution in [0.25, 0.3) is 0 Å². The Balaban J connectivity index is 1.92. The molecule has 0 atom stereocenters. The number of aliphatic hydroxyl groups excluding tert-OH is 1. The zero-order valence-electron chi connectivity index (χ0n) is 14.0. The van der Waals surface area contributed by atoms with Crippen LogP contribution in [0, 0.1) is 35.0 Å². The molecule has 122 valence electrons. The molecule has 0 saturated heterocycles. The molecular formula is C24H15NO. The van der Waals surface area contributed by atoms with Crippen LogP contribution in [0.5, 0.6) is 0 Å². The molecular weight excluding hydrogens is 318 g/mol. The molecule has 1 N–H and O–H groups in total. The summed E-state index contributed by atoms with van der Waals surface area (Å²) in [5.74, 6) is 12.5. The van der Waals surface area contributed by atoms with Crippen LogP contribution in [0.1, 0.15) is 33.4 Å². The monoisotopic (exact) mass is 333 g/mol. The molecule has 0 saturated carbocycles. The lowest BCUT2D eigenvalue weighted by Gasteiger charge is -1.97. The summed E-state index contributed by atoms with van der Waals surface area (Å²) in [4.78, 5) is 0. The van der Waals surface area contributed by atoms with Crippen LogP contribution in [0.2, 0.25) is 0 Å². The third-order valence-electron chi connectivity index (χ3n) is 3.78. The van der Waals surface area contributed by atoms with E-state index in [-0.39, 0.29) is 6.61 Å². The maximum Gasteiger partial charge on any atom is 0.100 e. The van der Waals surface area contributed by atoms with Gasteiger partial charge in [0.2, 0.25) is 0 Å². The molecule has 0 fully saturated rings. The predicted molar refractivity (Wildman–Crippen MR) is 102 cm³/mol. The maximum absolute atomic E-state index is 9.16. The predicted octanol–water partition coefficient (Wildman–Crippen LogP) is 3.85. The first kappa shape index (κ1) is 17.1. The van der Waals surface area contributed by atoms with E-state index < -0.39 is 0 Å². The minimum atomic E-state index is 0.0241. The Hall–Kier alpha value is -3.77. The summed E-state index contributed by atoms with van der Waals surface area (Å²) in [6.45, 7) is 0.0241. The van der Waals surface area contributed by atoms with Crippen molar-refractivity contribution in [3.63, 3.8) is 0 Å². The number of hydrogen-bond acceptors (Lipinski definition) is 2. The number of rotatable bonds is 1. The molecule has 3 rings (SSSR count). The minimum absolute atomic E-state index is 0.0241. The van der Waals surface area contributed by atoms with Crippen LogP contribution in [0.15, 0.2) is 72.8 Å². The van der Waals surface area contributed by atoms with Crippen molar-refractivity contribution in [3.05, 3.63) is 106 Å². The molecule has 0 aromatic heterocycles. The van der Waals surface area contributed by atoms with E-state index in [1.54, 1.807) is 6.07 Å². The Labute approximate surface area is 153 Å². The van der Waals surface area contributed by atoms with Gasteiger partial charge in [-0.2, -0.15) is 5.26 Å². The molecule has 2 heteroatoms. The Kier molecular flexibility index (Phi) is 5.49. The zero-order chi connectivity index (χ0) is 18.2. The number of nitriles is 1. The Morgan fingerprint density at radius 2 is 1.08 bits per heavy atom. The lowest BCUT2D eigenvalue weighted by Crippen LogP contribution is -1.86. The largest absolute Gasteiger partial charge is 0.392 e. The fourth-order valence-electron chi connectivity index (χ4n) is 2.36. The van der Waals surface area contributed by atoms with Crippen molar-refractivity contribution in [3.8, 4) is 29.8 Å². The molecule has 0 bridgehead atoms. The summed E-state index contributed by atoms with van der Waals surface area (Å²) in [5, 5.41) is 18.3. The Bertz CT molecular complexity index is 1080. The quantitative estimate of drug-likeness (QED) is 0.688. The second-order valence-corrected chi connectivity index (χ2v) is 5.56. The summed E-state index contributed by atoms with van der Waals surface area (Å²) in [7, 11) is 0. The van der Waals surface area contributed by atoms with E-state index in [1.807, 2.05) is 66.7 Å². The van der Waals surface area contributed by atoms with Crippen molar-refractivity contribution < 1.29 is 5.11 Å². The summed E-state index contributed by atoms with van der Waals surface area (Å²) in [6, 6.07) is 24.6. The number of nitrogens with zero attached hydrogens (tertiary/aromatic N) is 1. The van der Waals surface area contributed by atoms with Gasteiger partial charge in [-0.15, -0.1) is 0 Å². The van der Waals surface area contributed by atoms with Crippen molar-refractivity contribution in [1.82, 2.24) is 0 Å². The van der Waals surface area contributed by atoms with E-state index >= 15 is 0 Å². The average molecular weight is 333 g/mol. The van der Waals surface area contributed by atoms with Crippen molar-refractivity contribution in [1.29, 1.82) is 5.26 Å². The van der Waals surface area contributed by atoms with Gasteiger partial charge in [0.05, 0.1) is 12.2 Å². The number of benzene rings is 3. The van der Waals surface area contributed by atoms with E-state index in [9.17, 15) is 0 Å². The van der Waals surface area contributed by atoms with Crippen molar-refractivity contribution in [2.24, 2.45) is 0 Å². The van der Waals surface area contributed by atoms with E-state index in [1.165, 1.54) is 0 Å². The van der Waals surface area contributed by atoms with Gasteiger partial charge in [-0.1, -0.05) is 60.1 Å². The normalized spacial score (nSPS) is 9.23. The summed E-state index contributed by atoms with van der Waals surface area (Å²) >= 11 is 0. The fourth-order valence-corrected chi connectivity index (χ4v) is 2.36. The van der Waals surface area contributed by atoms with Gasteiger partial charge in [0.15, 0.2) is 0 Å². The maximum atomic E-state index is 9.16. The number of aliphatic hydroxyl groups is 1.